The zero-order valence-electron chi connectivity index (χ0n) is 15.1. The molecule has 8 bridgehead atoms. The fourth-order valence-electron chi connectivity index (χ4n) is 4.02. The van der Waals surface area contributed by atoms with Gasteiger partial charge in [-0.25, -0.2) is 0 Å². The maximum atomic E-state index is 6.15. The van der Waals surface area contributed by atoms with Crippen LogP contribution in [0, 0.1) is 0 Å². The predicted octanol–water partition coefficient (Wildman–Crippen LogP) is 4.60. The van der Waals surface area contributed by atoms with Crippen LogP contribution >= 0.6 is 11.5 Å². The molecule has 0 aromatic carbocycles. The van der Waals surface area contributed by atoms with E-state index in [1.54, 1.807) is 11.5 Å². The second kappa shape index (κ2) is 7.31. The van der Waals surface area contributed by atoms with Crippen LogP contribution in [-0.2, 0) is 12.8 Å². The zero-order chi connectivity index (χ0) is 18.1. The highest BCUT2D eigenvalue weighted by molar-refractivity contribution is 7.05. The molecule has 2 unspecified atom stereocenters. The molecule has 2 atom stereocenters. The number of nitrogens with zero attached hydrogens (tertiary/aromatic N) is 3. The highest BCUT2D eigenvalue weighted by atomic mass is 32.1. The predicted molar refractivity (Wildman–Crippen MR) is 106 cm³/mol. The van der Waals surface area contributed by atoms with E-state index in [1.807, 2.05) is 12.3 Å². The van der Waals surface area contributed by atoms with Crippen molar-refractivity contribution in [2.24, 2.45) is 0 Å². The van der Waals surface area contributed by atoms with Crippen molar-refractivity contribution in [2.45, 2.75) is 57.0 Å². The number of pyridine rings is 1. The molecule has 27 heavy (non-hydrogen) atoms. The zero-order valence-corrected chi connectivity index (χ0v) is 16.0. The molecule has 3 aromatic rings. The van der Waals surface area contributed by atoms with Gasteiger partial charge in [-0.2, -0.15) is 9.47 Å². The Morgan fingerprint density at radius 2 is 2.07 bits per heavy atom. The number of hydrogen-bond acceptors (Lipinski definition) is 6. The second-order valence-electron chi connectivity index (χ2n) is 7.46. The van der Waals surface area contributed by atoms with Crippen molar-refractivity contribution < 1.29 is 4.74 Å². The van der Waals surface area contributed by atoms with E-state index >= 15 is 0 Å². The van der Waals surface area contributed by atoms with Crippen molar-refractivity contribution in [1.82, 2.24) is 19.6 Å². The first-order chi connectivity index (χ1) is 13.3. The van der Waals surface area contributed by atoms with E-state index in [1.165, 1.54) is 10.6 Å². The lowest BCUT2D eigenvalue weighted by Gasteiger charge is -2.11. The number of aromatic nitrogens is 4. The number of aryl methyl sites for hydroxylation is 2. The van der Waals surface area contributed by atoms with Gasteiger partial charge in [0.05, 0.1) is 0 Å². The molecule has 6 nitrogen and oxygen atoms in total. The molecule has 0 saturated heterocycles. The van der Waals surface area contributed by atoms with E-state index in [0.717, 1.165) is 68.0 Å². The number of nitrogens with one attached hydrogen (secondary N) is 2. The molecule has 7 heteroatoms. The summed E-state index contributed by atoms with van der Waals surface area (Å²) in [6.45, 7) is 0. The third-order valence-corrected chi connectivity index (χ3v) is 6.27. The van der Waals surface area contributed by atoms with Gasteiger partial charge >= 0.3 is 0 Å². The Kier molecular flexibility index (Phi) is 4.53. The Morgan fingerprint density at radius 1 is 1.11 bits per heavy atom. The summed E-state index contributed by atoms with van der Waals surface area (Å²) < 4.78 is 10.7. The lowest BCUT2D eigenvalue weighted by molar-refractivity contribution is 0.201. The Bertz CT molecular complexity index is 921. The molecule has 1 fully saturated rings. The molecule has 4 heterocycles. The third-order valence-electron chi connectivity index (χ3n) is 5.44. The maximum absolute atomic E-state index is 6.15. The van der Waals surface area contributed by atoms with Crippen molar-refractivity contribution in [2.75, 3.05) is 5.32 Å². The molecular weight excluding hydrogens is 358 g/mol. The minimum atomic E-state index is 0.242. The number of rotatable bonds is 0. The van der Waals surface area contributed by atoms with Gasteiger partial charge in [-0.05, 0) is 68.6 Å². The Balaban J connectivity index is 1.41. The average Bonchev–Trinajstić information content (AvgIpc) is 3.40. The van der Waals surface area contributed by atoms with Crippen molar-refractivity contribution >= 4 is 23.0 Å². The van der Waals surface area contributed by atoms with Gasteiger partial charge in [0.25, 0.3) is 0 Å². The fraction of sp³-hybridized carbons (Fsp3) is 0.450. The van der Waals surface area contributed by atoms with Gasteiger partial charge in [0.1, 0.15) is 6.10 Å². The number of hydrogen-bond donors (Lipinski definition) is 2. The Labute approximate surface area is 162 Å². The molecule has 1 aliphatic heterocycles. The van der Waals surface area contributed by atoms with Crippen LogP contribution in [0.5, 0.6) is 5.88 Å². The van der Waals surface area contributed by atoms with E-state index in [0.29, 0.717) is 5.92 Å². The average molecular weight is 382 g/mol. The van der Waals surface area contributed by atoms with Crippen LogP contribution in [0.3, 0.4) is 0 Å². The van der Waals surface area contributed by atoms with Crippen LogP contribution in [0.2, 0.25) is 0 Å². The number of fused-ring (bicyclic) bond motifs is 9. The third kappa shape index (κ3) is 3.83. The topological polar surface area (TPSA) is 75.7 Å². The van der Waals surface area contributed by atoms with Gasteiger partial charge in [0.2, 0.25) is 5.88 Å². The van der Waals surface area contributed by atoms with Crippen LogP contribution in [0.15, 0.2) is 30.5 Å². The van der Waals surface area contributed by atoms with Crippen LogP contribution in [0.1, 0.15) is 54.3 Å². The minimum Gasteiger partial charge on any atom is -0.474 e. The first kappa shape index (κ1) is 16.7. The molecule has 0 spiro atoms. The summed E-state index contributed by atoms with van der Waals surface area (Å²) in [5.74, 6) is 2.11. The highest BCUT2D eigenvalue weighted by Crippen LogP contribution is 2.37. The van der Waals surface area contributed by atoms with E-state index < -0.39 is 0 Å². The normalized spacial score (nSPS) is 22.4. The monoisotopic (exact) mass is 381 g/mol. The van der Waals surface area contributed by atoms with Gasteiger partial charge in [-0.15, -0.1) is 0 Å². The second-order valence-corrected chi connectivity index (χ2v) is 8.35. The summed E-state index contributed by atoms with van der Waals surface area (Å²) in [6, 6.07) is 8.37. The Morgan fingerprint density at radius 3 is 3.07 bits per heavy atom. The fourth-order valence-corrected chi connectivity index (χ4v) is 4.72. The summed E-state index contributed by atoms with van der Waals surface area (Å²) in [5.41, 5.74) is 3.33. The Hall–Kier alpha value is -2.41. The lowest BCUT2D eigenvalue weighted by atomic mass is 10.0. The molecule has 0 radical (unpaired) electrons. The standard InChI is InChI=1S/C20H23N5OS/c1-2-4-17-11-20(25-27-17)26-16-6-5-13(9-16)18-12-19(24-23-18)22-15-7-8-21-14(3-1)10-15/h7-8,10-13,16H,1-6,9H2,(H2,22,23,24). The maximum Gasteiger partial charge on any atom is 0.225 e. The highest BCUT2D eigenvalue weighted by Gasteiger charge is 2.29. The molecular formula is C20H23N5OS. The van der Waals surface area contributed by atoms with Crippen LogP contribution in [0.4, 0.5) is 11.5 Å². The van der Waals surface area contributed by atoms with Crippen molar-refractivity contribution in [1.29, 1.82) is 0 Å². The number of H-pyrrole nitrogens is 1. The van der Waals surface area contributed by atoms with E-state index in [9.17, 15) is 0 Å². The van der Waals surface area contributed by atoms with Crippen LogP contribution in [-0.4, -0.2) is 25.7 Å². The molecule has 1 aliphatic carbocycles. The van der Waals surface area contributed by atoms with Gasteiger partial charge < -0.3 is 10.1 Å². The summed E-state index contributed by atoms with van der Waals surface area (Å²) in [6.07, 6.45) is 9.58. The SMILES string of the molecule is c1cc2cc(n1)CCCCc1cc(ns1)OC1CCC(C1)c1cc(n[nH]1)N2. The first-order valence-corrected chi connectivity index (χ1v) is 10.5. The summed E-state index contributed by atoms with van der Waals surface area (Å²) in [4.78, 5) is 5.81. The van der Waals surface area contributed by atoms with E-state index in [-0.39, 0.29) is 6.10 Å². The summed E-state index contributed by atoms with van der Waals surface area (Å²) in [5, 5.41) is 11.1. The number of ether oxygens (including phenoxy) is 1. The molecule has 5 rings (SSSR count). The largest absolute Gasteiger partial charge is 0.474 e. The van der Waals surface area contributed by atoms with E-state index in [4.69, 9.17) is 4.74 Å². The van der Waals surface area contributed by atoms with Crippen molar-refractivity contribution in [3.05, 3.63) is 46.7 Å². The van der Waals surface area contributed by atoms with Gasteiger partial charge in [0.15, 0.2) is 5.82 Å². The van der Waals surface area contributed by atoms with Gasteiger partial charge in [-0.1, -0.05) is 0 Å². The molecule has 1 saturated carbocycles. The molecule has 2 N–H and O–H groups in total. The molecule has 3 aromatic heterocycles. The van der Waals surface area contributed by atoms with Crippen LogP contribution in [0.25, 0.3) is 0 Å². The van der Waals surface area contributed by atoms with Crippen molar-refractivity contribution in [3.8, 4) is 5.88 Å². The quantitative estimate of drug-likeness (QED) is 0.595. The van der Waals surface area contributed by atoms with Gasteiger partial charge in [-0.3, -0.25) is 10.1 Å². The smallest absolute Gasteiger partial charge is 0.225 e. The summed E-state index contributed by atoms with van der Waals surface area (Å²) in [7, 11) is 0. The van der Waals surface area contributed by atoms with Gasteiger partial charge in [0, 0.05) is 46.2 Å². The van der Waals surface area contributed by atoms with Crippen molar-refractivity contribution in [3.63, 3.8) is 0 Å². The lowest BCUT2D eigenvalue weighted by Crippen LogP contribution is -2.12. The number of aromatic amines is 1. The molecule has 0 amide bonds. The molecule has 140 valence electrons. The van der Waals surface area contributed by atoms with E-state index in [2.05, 4.69) is 43.1 Å². The minimum absolute atomic E-state index is 0.242. The molecule has 2 aliphatic rings. The first-order valence-electron chi connectivity index (χ1n) is 9.71. The summed E-state index contributed by atoms with van der Waals surface area (Å²) >= 11 is 1.57. The number of anilines is 2. The van der Waals surface area contributed by atoms with Crippen LogP contribution < -0.4 is 10.1 Å².